The molecule has 20 heavy (non-hydrogen) atoms. The van der Waals surface area contributed by atoms with Crippen molar-refractivity contribution in [3.63, 3.8) is 0 Å². The van der Waals surface area contributed by atoms with E-state index in [1.54, 1.807) is 4.90 Å². The number of rotatable bonds is 2. The van der Waals surface area contributed by atoms with Crippen molar-refractivity contribution in [2.24, 2.45) is 0 Å². The van der Waals surface area contributed by atoms with Crippen LogP contribution in [0.5, 0.6) is 0 Å². The highest BCUT2D eigenvalue weighted by atomic mass is 19.1. The number of halogens is 1. The predicted molar refractivity (Wildman–Crippen MR) is 76.6 cm³/mol. The number of carbonyl (C=O) groups is 1. The van der Waals surface area contributed by atoms with E-state index in [4.69, 9.17) is 4.74 Å². The quantitative estimate of drug-likeness (QED) is 0.782. The number of carbonyl (C=O) groups excluding carboxylic acids is 1. The number of hydrogen-bond acceptors (Lipinski definition) is 3. The first-order chi connectivity index (χ1) is 9.36. The minimum Gasteiger partial charge on any atom is -0.444 e. The molecule has 0 aromatic heterocycles. The molecule has 2 aliphatic rings. The van der Waals surface area contributed by atoms with Crippen LogP contribution in [-0.2, 0) is 4.74 Å². The fourth-order valence-electron chi connectivity index (χ4n) is 3.44. The molecule has 0 unspecified atom stereocenters. The van der Waals surface area contributed by atoms with Crippen LogP contribution >= 0.6 is 0 Å². The van der Waals surface area contributed by atoms with Gasteiger partial charge < -0.3 is 9.64 Å². The molecule has 0 saturated carbocycles. The Balaban J connectivity index is 1.90. The summed E-state index contributed by atoms with van der Waals surface area (Å²) in [5.41, 5.74) is -0.315. The highest BCUT2D eigenvalue weighted by Crippen LogP contribution is 2.38. The van der Waals surface area contributed by atoms with Crippen molar-refractivity contribution in [2.45, 2.75) is 57.6 Å². The number of piperidine rings is 1. The maximum Gasteiger partial charge on any atom is 0.410 e. The molecule has 4 nitrogen and oxygen atoms in total. The second-order valence-corrected chi connectivity index (χ2v) is 6.97. The lowest BCUT2D eigenvalue weighted by Gasteiger charge is -2.44. The van der Waals surface area contributed by atoms with Gasteiger partial charge in [-0.15, -0.1) is 0 Å². The Morgan fingerprint density at radius 2 is 1.85 bits per heavy atom. The molecule has 2 heterocycles. The summed E-state index contributed by atoms with van der Waals surface area (Å²) >= 11 is 0. The van der Waals surface area contributed by atoms with Gasteiger partial charge in [-0.2, -0.15) is 0 Å². The summed E-state index contributed by atoms with van der Waals surface area (Å²) < 4.78 is 18.1. The van der Waals surface area contributed by atoms with Crippen LogP contribution in [0, 0.1) is 0 Å². The van der Waals surface area contributed by atoms with Crippen molar-refractivity contribution in [1.82, 2.24) is 9.80 Å². The van der Waals surface area contributed by atoms with Gasteiger partial charge in [-0.3, -0.25) is 4.90 Å². The molecule has 0 N–H and O–H groups in total. The highest BCUT2D eigenvalue weighted by Gasteiger charge is 2.43. The molecule has 2 aliphatic heterocycles. The fourth-order valence-corrected chi connectivity index (χ4v) is 3.44. The molecule has 1 spiro atoms. The number of likely N-dealkylation sites (tertiary alicyclic amines) is 2. The van der Waals surface area contributed by atoms with Crippen LogP contribution in [0.3, 0.4) is 0 Å². The van der Waals surface area contributed by atoms with Gasteiger partial charge in [0.2, 0.25) is 0 Å². The van der Waals surface area contributed by atoms with E-state index in [9.17, 15) is 9.18 Å². The van der Waals surface area contributed by atoms with E-state index in [2.05, 4.69) is 4.90 Å². The lowest BCUT2D eigenvalue weighted by molar-refractivity contribution is 0.00224. The molecule has 2 rings (SSSR count). The molecule has 0 aliphatic carbocycles. The molecular formula is C15H27FN2O2. The van der Waals surface area contributed by atoms with Crippen molar-refractivity contribution in [3.8, 4) is 0 Å². The summed E-state index contributed by atoms with van der Waals surface area (Å²) in [4.78, 5) is 16.1. The smallest absolute Gasteiger partial charge is 0.410 e. The Bertz CT molecular complexity index is 346. The van der Waals surface area contributed by atoms with E-state index in [1.807, 2.05) is 20.8 Å². The molecule has 0 bridgehead atoms. The molecule has 2 fully saturated rings. The van der Waals surface area contributed by atoms with Crippen molar-refractivity contribution in [1.29, 1.82) is 0 Å². The molecular weight excluding hydrogens is 259 g/mol. The molecule has 1 amide bonds. The number of ether oxygens (including phenoxy) is 1. The number of hydrogen-bond donors (Lipinski definition) is 0. The number of nitrogens with zero attached hydrogens (tertiary/aromatic N) is 2. The lowest BCUT2D eigenvalue weighted by Crippen LogP contribution is -2.54. The van der Waals surface area contributed by atoms with E-state index in [1.165, 1.54) is 0 Å². The fraction of sp³-hybridized carbons (Fsp3) is 0.933. The van der Waals surface area contributed by atoms with Gasteiger partial charge in [-0.25, -0.2) is 9.18 Å². The van der Waals surface area contributed by atoms with Crippen LogP contribution < -0.4 is 0 Å². The van der Waals surface area contributed by atoms with E-state index < -0.39 is 5.60 Å². The number of amides is 1. The predicted octanol–water partition coefficient (Wildman–Crippen LogP) is 2.82. The minimum atomic E-state index is -0.445. The third-order valence-electron chi connectivity index (χ3n) is 4.44. The highest BCUT2D eigenvalue weighted by molar-refractivity contribution is 5.68. The average Bonchev–Trinajstić information content (AvgIpc) is 2.72. The summed E-state index contributed by atoms with van der Waals surface area (Å²) in [5.74, 6) is 0. The Hall–Kier alpha value is -0.840. The zero-order valence-corrected chi connectivity index (χ0v) is 13.0. The van der Waals surface area contributed by atoms with E-state index >= 15 is 0 Å². The van der Waals surface area contributed by atoms with Crippen LogP contribution in [0.4, 0.5) is 9.18 Å². The van der Waals surface area contributed by atoms with E-state index in [0.29, 0.717) is 6.54 Å². The summed E-state index contributed by atoms with van der Waals surface area (Å²) in [6, 6.07) is 0. The third kappa shape index (κ3) is 3.43. The second-order valence-electron chi connectivity index (χ2n) is 6.97. The molecule has 0 radical (unpaired) electrons. The molecule has 5 heteroatoms. The monoisotopic (exact) mass is 286 g/mol. The second kappa shape index (κ2) is 5.88. The normalized spacial score (nSPS) is 23.3. The van der Waals surface area contributed by atoms with Crippen molar-refractivity contribution < 1.29 is 13.9 Å². The molecule has 0 atom stereocenters. The SMILES string of the molecule is CC(C)(C)OC(=O)N1CCC2(CCCN2CCF)CC1. The Morgan fingerprint density at radius 1 is 1.20 bits per heavy atom. The van der Waals surface area contributed by atoms with Crippen molar-refractivity contribution in [3.05, 3.63) is 0 Å². The zero-order chi connectivity index (χ0) is 14.8. The van der Waals surface area contributed by atoms with Crippen LogP contribution in [0.25, 0.3) is 0 Å². The largest absolute Gasteiger partial charge is 0.444 e. The standard InChI is InChI=1S/C15H27FN2O2/c1-14(2,3)20-13(19)17-10-6-15(7-11-17)5-4-9-18(15)12-8-16/h4-12H2,1-3H3. The Labute approximate surface area is 121 Å². The van der Waals surface area contributed by atoms with Crippen LogP contribution in [0.2, 0.25) is 0 Å². The van der Waals surface area contributed by atoms with Gasteiger partial charge in [0.1, 0.15) is 12.3 Å². The van der Waals surface area contributed by atoms with Crippen molar-refractivity contribution >= 4 is 6.09 Å². The maximum atomic E-state index is 12.6. The average molecular weight is 286 g/mol. The van der Waals surface area contributed by atoms with Gasteiger partial charge in [0.15, 0.2) is 0 Å². The number of alkyl halides is 1. The molecule has 2 saturated heterocycles. The topological polar surface area (TPSA) is 32.8 Å². The van der Waals surface area contributed by atoms with Gasteiger partial charge >= 0.3 is 6.09 Å². The van der Waals surface area contributed by atoms with Crippen LogP contribution in [-0.4, -0.2) is 59.9 Å². The van der Waals surface area contributed by atoms with Crippen molar-refractivity contribution in [2.75, 3.05) is 32.9 Å². The summed E-state index contributed by atoms with van der Waals surface area (Å²) in [7, 11) is 0. The van der Waals surface area contributed by atoms with Gasteiger partial charge in [-0.05, 0) is 53.0 Å². The third-order valence-corrected chi connectivity index (χ3v) is 4.44. The van der Waals surface area contributed by atoms with Gasteiger partial charge in [0.25, 0.3) is 0 Å². The Morgan fingerprint density at radius 3 is 2.40 bits per heavy atom. The molecule has 0 aromatic carbocycles. The molecule has 116 valence electrons. The first-order valence-electron chi connectivity index (χ1n) is 7.65. The van der Waals surface area contributed by atoms with E-state index in [-0.39, 0.29) is 18.3 Å². The summed E-state index contributed by atoms with van der Waals surface area (Å²) in [6.45, 7) is 8.35. The maximum absolute atomic E-state index is 12.6. The van der Waals surface area contributed by atoms with Crippen LogP contribution in [0.15, 0.2) is 0 Å². The first kappa shape index (κ1) is 15.5. The van der Waals surface area contributed by atoms with E-state index in [0.717, 1.165) is 45.3 Å². The van der Waals surface area contributed by atoms with Gasteiger partial charge in [-0.1, -0.05) is 0 Å². The minimum absolute atomic E-state index is 0.130. The lowest BCUT2D eigenvalue weighted by atomic mass is 9.85. The van der Waals surface area contributed by atoms with Gasteiger partial charge in [0, 0.05) is 25.2 Å². The summed E-state index contributed by atoms with van der Waals surface area (Å²) in [6.07, 6.45) is 3.93. The van der Waals surface area contributed by atoms with Crippen LogP contribution in [0.1, 0.15) is 46.5 Å². The zero-order valence-electron chi connectivity index (χ0n) is 13.0. The first-order valence-corrected chi connectivity index (χ1v) is 7.65. The Kier molecular flexibility index (Phi) is 4.57. The summed E-state index contributed by atoms with van der Waals surface area (Å²) in [5, 5.41) is 0. The molecule has 0 aromatic rings. The van der Waals surface area contributed by atoms with Gasteiger partial charge in [0.05, 0.1) is 0 Å².